The van der Waals surface area contributed by atoms with Gasteiger partial charge in [-0.15, -0.1) is 0 Å². The summed E-state index contributed by atoms with van der Waals surface area (Å²) >= 11 is 0. The number of aromatic amines is 1. The van der Waals surface area contributed by atoms with Crippen molar-refractivity contribution >= 4 is 28.6 Å². The summed E-state index contributed by atoms with van der Waals surface area (Å²) in [5.41, 5.74) is 6.16. The van der Waals surface area contributed by atoms with Crippen LogP contribution in [0.3, 0.4) is 0 Å². The maximum Gasteiger partial charge on any atom is 0.416 e. The molecule has 37 heavy (non-hydrogen) atoms. The van der Waals surface area contributed by atoms with E-state index in [4.69, 9.17) is 5.73 Å². The maximum absolute atomic E-state index is 14.4. The van der Waals surface area contributed by atoms with Crippen molar-refractivity contribution in [2.75, 3.05) is 10.2 Å². The number of aromatic nitrogens is 4. The third kappa shape index (κ3) is 4.42. The molecule has 0 radical (unpaired) electrons. The van der Waals surface area contributed by atoms with Crippen molar-refractivity contribution in [2.24, 2.45) is 5.73 Å². The van der Waals surface area contributed by atoms with Crippen molar-refractivity contribution in [3.63, 3.8) is 0 Å². The van der Waals surface area contributed by atoms with Crippen molar-refractivity contribution in [3.8, 4) is 0 Å². The van der Waals surface area contributed by atoms with E-state index in [1.54, 1.807) is 24.0 Å². The van der Waals surface area contributed by atoms with Gasteiger partial charge in [0.1, 0.15) is 11.6 Å². The van der Waals surface area contributed by atoms with Gasteiger partial charge in [0.2, 0.25) is 5.95 Å². The number of carbonyl (C=O) groups excluding carboxylic acids is 1. The number of carbonyl (C=O) groups is 1. The second kappa shape index (κ2) is 9.00. The molecule has 192 valence electrons. The summed E-state index contributed by atoms with van der Waals surface area (Å²) in [7, 11) is 0. The normalized spacial score (nSPS) is 14.2. The van der Waals surface area contributed by atoms with E-state index in [1.165, 1.54) is 6.07 Å². The fourth-order valence-electron chi connectivity index (χ4n) is 4.44. The van der Waals surface area contributed by atoms with Gasteiger partial charge in [0.15, 0.2) is 0 Å². The predicted molar refractivity (Wildman–Crippen MR) is 126 cm³/mol. The molecule has 0 aliphatic carbocycles. The van der Waals surface area contributed by atoms with Crippen molar-refractivity contribution < 1.29 is 27.5 Å². The monoisotopic (exact) mass is 515 g/mol. The lowest BCUT2D eigenvalue weighted by molar-refractivity contribution is -0.138. The van der Waals surface area contributed by atoms with E-state index < -0.39 is 41.7 Å². The number of fused-ring (bicyclic) bond motifs is 2. The first-order valence-corrected chi connectivity index (χ1v) is 11.2. The Balaban J connectivity index is 1.57. The van der Waals surface area contributed by atoms with E-state index >= 15 is 0 Å². The molecular formula is C24H21F4N7O2. The van der Waals surface area contributed by atoms with Crippen LogP contribution < -0.4 is 16.0 Å². The van der Waals surface area contributed by atoms with Gasteiger partial charge in [-0.25, -0.2) is 9.37 Å². The van der Waals surface area contributed by atoms with Gasteiger partial charge in [-0.05, 0) is 31.2 Å². The zero-order valence-corrected chi connectivity index (χ0v) is 19.4. The van der Waals surface area contributed by atoms with E-state index in [1.807, 2.05) is 0 Å². The number of anilines is 2. The van der Waals surface area contributed by atoms with Gasteiger partial charge in [-0.2, -0.15) is 23.3 Å². The lowest BCUT2D eigenvalue weighted by atomic mass is 10.1. The first kappa shape index (κ1) is 24.4. The van der Waals surface area contributed by atoms with Crippen LogP contribution in [0, 0.1) is 5.82 Å². The molecule has 1 atom stereocenters. The number of halogens is 4. The topological polar surface area (TPSA) is 133 Å². The third-order valence-corrected chi connectivity index (χ3v) is 6.20. The van der Waals surface area contributed by atoms with Crippen LogP contribution >= 0.6 is 0 Å². The molecule has 1 amide bonds. The van der Waals surface area contributed by atoms with Gasteiger partial charge in [-0.1, -0.05) is 12.1 Å². The average molecular weight is 515 g/mol. The molecule has 5 N–H and O–H groups in total. The second-order valence-corrected chi connectivity index (χ2v) is 8.65. The van der Waals surface area contributed by atoms with Crippen LogP contribution in [-0.4, -0.2) is 31.2 Å². The number of hydrogen-bond donors (Lipinski definition) is 4. The molecule has 5 rings (SSSR count). The summed E-state index contributed by atoms with van der Waals surface area (Å²) in [5.74, 6) is -1.50. The van der Waals surface area contributed by atoms with Crippen molar-refractivity contribution in [3.05, 3.63) is 75.9 Å². The zero-order chi connectivity index (χ0) is 26.5. The van der Waals surface area contributed by atoms with E-state index in [-0.39, 0.29) is 22.8 Å². The molecule has 0 saturated carbocycles. The smallest absolute Gasteiger partial charge is 0.387 e. The van der Waals surface area contributed by atoms with E-state index in [0.717, 1.165) is 29.5 Å². The van der Waals surface area contributed by atoms with Crippen LogP contribution in [0.2, 0.25) is 0 Å². The Labute approximate surface area is 207 Å². The maximum atomic E-state index is 14.4. The Morgan fingerprint density at radius 1 is 1.22 bits per heavy atom. The highest BCUT2D eigenvalue weighted by atomic mass is 19.4. The summed E-state index contributed by atoms with van der Waals surface area (Å²) in [6.45, 7) is 1.67. The lowest BCUT2D eigenvalue weighted by Crippen LogP contribution is -2.21. The summed E-state index contributed by atoms with van der Waals surface area (Å²) in [5, 5.41) is 20.1. The number of aliphatic hydroxyl groups excluding tert-OH is 1. The van der Waals surface area contributed by atoms with Gasteiger partial charge in [0.05, 0.1) is 47.2 Å². The Hall–Kier alpha value is -4.26. The number of nitrogens with zero attached hydrogens (tertiary/aromatic N) is 4. The first-order valence-electron chi connectivity index (χ1n) is 11.2. The standard InChI is InChI=1S/C24H21F4N7O2/c1-11(36)19-15-9-35(10-18(15)33-34-19)23-31-20-12(21(29)37)4-2-5-13(20)22(32-23)30-8-14-16(24(26,27)28)6-3-7-17(14)25/h2-7,11,36H,8-10H2,1H3,(H2,29,37)(H,33,34)(H,30,31,32)/t11-/m0/s1. The molecule has 4 aromatic rings. The number of rotatable bonds is 6. The van der Waals surface area contributed by atoms with Crippen LogP contribution in [0.5, 0.6) is 0 Å². The van der Waals surface area contributed by atoms with Crippen LogP contribution in [0.1, 0.15) is 51.5 Å². The number of alkyl halides is 3. The molecule has 9 nitrogen and oxygen atoms in total. The minimum Gasteiger partial charge on any atom is -0.387 e. The average Bonchev–Trinajstić information content (AvgIpc) is 3.42. The SMILES string of the molecule is C[C@H](O)c1n[nH]c2c1CN(c1nc(NCc3c(F)cccc3C(F)(F)F)c3cccc(C(N)=O)c3n1)C2. The Kier molecular flexibility index (Phi) is 5.94. The van der Waals surface area contributed by atoms with Crippen molar-refractivity contribution in [2.45, 2.75) is 38.8 Å². The van der Waals surface area contributed by atoms with Gasteiger partial charge < -0.3 is 21.1 Å². The molecule has 2 aromatic carbocycles. The van der Waals surface area contributed by atoms with Crippen LogP contribution in [0.25, 0.3) is 10.9 Å². The number of benzene rings is 2. The Morgan fingerprint density at radius 3 is 2.68 bits per heavy atom. The fourth-order valence-corrected chi connectivity index (χ4v) is 4.44. The van der Waals surface area contributed by atoms with Gasteiger partial charge in [0.25, 0.3) is 5.91 Å². The van der Waals surface area contributed by atoms with E-state index in [0.29, 0.717) is 24.2 Å². The minimum absolute atomic E-state index is 0.0927. The molecular weight excluding hydrogens is 494 g/mol. The molecule has 0 bridgehead atoms. The van der Waals surface area contributed by atoms with Gasteiger partial charge in [0, 0.05) is 23.1 Å². The first-order chi connectivity index (χ1) is 17.5. The largest absolute Gasteiger partial charge is 0.416 e. The number of amides is 1. The van der Waals surface area contributed by atoms with E-state index in [2.05, 4.69) is 25.5 Å². The third-order valence-electron chi connectivity index (χ3n) is 6.20. The zero-order valence-electron chi connectivity index (χ0n) is 19.4. The van der Waals surface area contributed by atoms with Crippen molar-refractivity contribution in [1.29, 1.82) is 0 Å². The number of aliphatic hydroxyl groups is 1. The number of hydrogen-bond acceptors (Lipinski definition) is 7. The van der Waals surface area contributed by atoms with Gasteiger partial charge >= 0.3 is 6.18 Å². The molecule has 0 spiro atoms. The summed E-state index contributed by atoms with van der Waals surface area (Å²) in [6, 6.07) is 7.36. The molecule has 0 fully saturated rings. The Morgan fingerprint density at radius 2 is 1.97 bits per heavy atom. The number of H-pyrrole nitrogens is 1. The highest BCUT2D eigenvalue weighted by Gasteiger charge is 2.34. The highest BCUT2D eigenvalue weighted by Crippen LogP contribution is 2.35. The predicted octanol–water partition coefficient (Wildman–Crippen LogP) is 3.80. The molecule has 0 saturated heterocycles. The number of primary amides is 1. The summed E-state index contributed by atoms with van der Waals surface area (Å²) in [4.78, 5) is 22.9. The lowest BCUT2D eigenvalue weighted by Gasteiger charge is -2.20. The number of para-hydroxylation sites is 1. The molecule has 3 heterocycles. The Bertz CT molecular complexity index is 1520. The number of nitrogens with two attached hydrogens (primary N) is 1. The van der Waals surface area contributed by atoms with Crippen LogP contribution in [0.4, 0.5) is 29.3 Å². The summed E-state index contributed by atoms with van der Waals surface area (Å²) < 4.78 is 54.9. The fraction of sp³-hybridized carbons (Fsp3) is 0.250. The van der Waals surface area contributed by atoms with E-state index in [9.17, 15) is 27.5 Å². The quantitative estimate of drug-likeness (QED) is 0.287. The molecule has 1 aliphatic rings. The van der Waals surface area contributed by atoms with Crippen molar-refractivity contribution in [1.82, 2.24) is 20.2 Å². The molecule has 13 heteroatoms. The summed E-state index contributed by atoms with van der Waals surface area (Å²) in [6.07, 6.45) is -5.56. The molecule has 2 aromatic heterocycles. The highest BCUT2D eigenvalue weighted by molar-refractivity contribution is 6.07. The second-order valence-electron chi connectivity index (χ2n) is 8.65. The molecule has 0 unspecified atom stereocenters. The van der Waals surface area contributed by atoms with Crippen LogP contribution in [-0.2, 0) is 25.8 Å². The molecule has 1 aliphatic heterocycles. The van der Waals surface area contributed by atoms with Gasteiger partial charge in [-0.3, -0.25) is 9.89 Å². The number of nitrogens with one attached hydrogen (secondary N) is 2. The van der Waals surface area contributed by atoms with Crippen LogP contribution in [0.15, 0.2) is 36.4 Å². The minimum atomic E-state index is -4.75.